The summed E-state index contributed by atoms with van der Waals surface area (Å²) >= 11 is 6.07. The molecule has 0 spiro atoms. The van der Waals surface area contributed by atoms with Crippen LogP contribution in [0, 0.1) is 0 Å². The molecule has 1 aliphatic rings. The van der Waals surface area contributed by atoms with Crippen LogP contribution < -0.4 is 0 Å². The smallest absolute Gasteiger partial charge is 0.249 e. The molecular weight excluding hydrogens is 390 g/mol. The molecule has 2 amide bonds. The number of hydrogen-bond donors (Lipinski definition) is 0. The van der Waals surface area contributed by atoms with Crippen LogP contribution in [-0.2, 0) is 20.9 Å². The number of ether oxygens (including phenoxy) is 1. The summed E-state index contributed by atoms with van der Waals surface area (Å²) in [5, 5.41) is 0.655. The predicted molar refractivity (Wildman–Crippen MR) is 113 cm³/mol. The van der Waals surface area contributed by atoms with Crippen molar-refractivity contribution in [1.29, 1.82) is 0 Å². The van der Waals surface area contributed by atoms with Gasteiger partial charge in [-0.25, -0.2) is 0 Å². The lowest BCUT2D eigenvalue weighted by atomic mass is 9.99. The van der Waals surface area contributed by atoms with Crippen molar-refractivity contribution in [2.75, 3.05) is 26.8 Å². The number of rotatable bonds is 5. The third-order valence-electron chi connectivity index (χ3n) is 5.22. The second-order valence-corrected chi connectivity index (χ2v) is 8.69. The number of carbonyl (C=O) groups is 2. The van der Waals surface area contributed by atoms with Crippen LogP contribution in [0.3, 0.4) is 0 Å². The van der Waals surface area contributed by atoms with Gasteiger partial charge in [-0.05, 0) is 50.6 Å². The Bertz CT molecular complexity index is 870. The summed E-state index contributed by atoms with van der Waals surface area (Å²) in [6.45, 7) is 7.03. The van der Waals surface area contributed by atoms with Crippen LogP contribution in [0.5, 0.6) is 0 Å². The summed E-state index contributed by atoms with van der Waals surface area (Å²) in [6, 6.07) is 11.4. The van der Waals surface area contributed by atoms with Gasteiger partial charge in [-0.3, -0.25) is 9.59 Å². The van der Waals surface area contributed by atoms with Crippen molar-refractivity contribution in [3.8, 4) is 0 Å². The normalized spacial score (nSPS) is 16.4. The zero-order chi connectivity index (χ0) is 21.2. The van der Waals surface area contributed by atoms with Gasteiger partial charge in [0.15, 0.2) is 0 Å². The maximum absolute atomic E-state index is 13.4. The molecule has 1 aliphatic heterocycles. The number of nitrogens with zero attached hydrogens (tertiary/aromatic N) is 3. The first kappa shape index (κ1) is 21.4. The van der Waals surface area contributed by atoms with E-state index in [1.807, 2.05) is 68.3 Å². The van der Waals surface area contributed by atoms with E-state index in [0.717, 1.165) is 17.8 Å². The van der Waals surface area contributed by atoms with Gasteiger partial charge in [0.2, 0.25) is 11.8 Å². The molecule has 2 heterocycles. The molecule has 2 aromatic rings. The molecule has 0 fully saturated rings. The third kappa shape index (κ3) is 4.65. The van der Waals surface area contributed by atoms with Gasteiger partial charge in [0.1, 0.15) is 13.2 Å². The highest BCUT2D eigenvalue weighted by Gasteiger charge is 2.35. The van der Waals surface area contributed by atoms with E-state index in [9.17, 15) is 9.59 Å². The minimum Gasteiger partial charge on any atom is -0.375 e. The monoisotopic (exact) mass is 417 g/mol. The van der Waals surface area contributed by atoms with Crippen molar-refractivity contribution in [3.63, 3.8) is 0 Å². The van der Waals surface area contributed by atoms with Gasteiger partial charge in [-0.2, -0.15) is 0 Å². The molecule has 0 saturated carbocycles. The highest BCUT2D eigenvalue weighted by Crippen LogP contribution is 2.33. The Morgan fingerprint density at radius 2 is 1.86 bits per heavy atom. The van der Waals surface area contributed by atoms with E-state index in [0.29, 0.717) is 11.6 Å². The first-order valence-electron chi connectivity index (χ1n) is 9.71. The maximum Gasteiger partial charge on any atom is 0.249 e. The van der Waals surface area contributed by atoms with Gasteiger partial charge >= 0.3 is 0 Å². The summed E-state index contributed by atoms with van der Waals surface area (Å²) in [7, 11) is 1.48. The fourth-order valence-corrected chi connectivity index (χ4v) is 3.90. The van der Waals surface area contributed by atoms with Crippen molar-refractivity contribution in [1.82, 2.24) is 14.4 Å². The molecule has 0 aliphatic carbocycles. The third-order valence-corrected chi connectivity index (χ3v) is 5.47. The van der Waals surface area contributed by atoms with Gasteiger partial charge in [-0.15, -0.1) is 0 Å². The molecule has 156 valence electrons. The van der Waals surface area contributed by atoms with Gasteiger partial charge in [-0.1, -0.05) is 23.7 Å². The van der Waals surface area contributed by atoms with Crippen LogP contribution in [-0.4, -0.2) is 58.5 Å². The van der Waals surface area contributed by atoms with Crippen LogP contribution in [0.2, 0.25) is 5.02 Å². The Labute approximate surface area is 177 Å². The zero-order valence-electron chi connectivity index (χ0n) is 17.4. The number of methoxy groups -OCH3 is 1. The molecule has 1 aromatic carbocycles. The minimum atomic E-state index is -0.489. The molecule has 0 saturated heterocycles. The largest absolute Gasteiger partial charge is 0.375 e. The number of carbonyl (C=O) groups excluding carboxylic acids is 2. The Kier molecular flexibility index (Phi) is 6.34. The van der Waals surface area contributed by atoms with Crippen molar-refractivity contribution in [2.45, 2.75) is 38.9 Å². The molecule has 7 heteroatoms. The second kappa shape index (κ2) is 8.59. The van der Waals surface area contributed by atoms with E-state index in [1.165, 1.54) is 7.11 Å². The van der Waals surface area contributed by atoms with Crippen molar-refractivity contribution in [2.24, 2.45) is 0 Å². The number of fused-ring (bicyclic) bond motifs is 1. The van der Waals surface area contributed by atoms with E-state index in [2.05, 4.69) is 4.57 Å². The van der Waals surface area contributed by atoms with Crippen molar-refractivity contribution in [3.05, 3.63) is 58.9 Å². The summed E-state index contributed by atoms with van der Waals surface area (Å²) in [5.74, 6) is -0.284. The molecule has 6 nitrogen and oxygen atoms in total. The van der Waals surface area contributed by atoms with Crippen LogP contribution in [0.1, 0.15) is 38.1 Å². The van der Waals surface area contributed by atoms with Crippen molar-refractivity contribution < 1.29 is 14.3 Å². The highest BCUT2D eigenvalue weighted by molar-refractivity contribution is 6.30. The lowest BCUT2D eigenvalue weighted by Crippen LogP contribution is -2.53. The van der Waals surface area contributed by atoms with Gasteiger partial charge in [0, 0.05) is 42.7 Å². The number of halogens is 1. The molecule has 0 radical (unpaired) electrons. The van der Waals surface area contributed by atoms with Crippen LogP contribution in [0.15, 0.2) is 42.6 Å². The van der Waals surface area contributed by atoms with Crippen molar-refractivity contribution >= 4 is 23.4 Å². The first-order valence-corrected chi connectivity index (χ1v) is 10.1. The van der Waals surface area contributed by atoms with Crippen LogP contribution in [0.25, 0.3) is 0 Å². The average Bonchev–Trinajstić information content (AvgIpc) is 3.14. The molecule has 0 bridgehead atoms. The molecule has 29 heavy (non-hydrogen) atoms. The molecule has 3 rings (SSSR count). The second-order valence-electron chi connectivity index (χ2n) is 8.25. The van der Waals surface area contributed by atoms with E-state index >= 15 is 0 Å². The zero-order valence-corrected chi connectivity index (χ0v) is 18.1. The van der Waals surface area contributed by atoms with Crippen LogP contribution in [0.4, 0.5) is 0 Å². The predicted octanol–water partition coefficient (Wildman–Crippen LogP) is 3.35. The van der Waals surface area contributed by atoms with E-state index < -0.39 is 5.54 Å². The topological polar surface area (TPSA) is 54.8 Å². The summed E-state index contributed by atoms with van der Waals surface area (Å²) in [4.78, 5) is 29.4. The Hall–Kier alpha value is -2.31. The lowest BCUT2D eigenvalue weighted by molar-refractivity contribution is -0.148. The number of amides is 2. The standard InChI is InChI=1S/C22H28ClN3O3/c1-22(2,3)26(20(28)15-29-4)14-19(27)25-13-12-24-11-5-6-18(24)21(25)16-7-9-17(23)10-8-16/h5-11,21H,12-15H2,1-4H3/t21-/m0/s1. The fourth-order valence-electron chi connectivity index (χ4n) is 3.77. The summed E-state index contributed by atoms with van der Waals surface area (Å²) in [5.41, 5.74) is 1.56. The maximum atomic E-state index is 13.4. The number of aromatic nitrogens is 1. The minimum absolute atomic E-state index is 0.0104. The number of hydrogen-bond acceptors (Lipinski definition) is 3. The van der Waals surface area contributed by atoms with Crippen LogP contribution >= 0.6 is 11.6 Å². The van der Waals surface area contributed by atoms with E-state index in [4.69, 9.17) is 16.3 Å². The molecular formula is C22H28ClN3O3. The fraction of sp³-hybridized carbons (Fsp3) is 0.455. The molecule has 0 N–H and O–H groups in total. The highest BCUT2D eigenvalue weighted by atomic mass is 35.5. The van der Waals surface area contributed by atoms with Gasteiger partial charge < -0.3 is 19.1 Å². The summed E-state index contributed by atoms with van der Waals surface area (Å²) in [6.07, 6.45) is 2.03. The number of benzene rings is 1. The SMILES string of the molecule is COCC(=O)N(CC(=O)N1CCn2cccc2[C@@H]1c1ccc(Cl)cc1)C(C)(C)C. The Balaban J connectivity index is 1.91. The lowest BCUT2D eigenvalue weighted by Gasteiger charge is -2.41. The first-order chi connectivity index (χ1) is 13.7. The van der Waals surface area contributed by atoms with E-state index in [-0.39, 0.29) is 31.0 Å². The molecule has 0 unspecified atom stereocenters. The van der Waals surface area contributed by atoms with E-state index in [1.54, 1.807) is 4.90 Å². The van der Waals surface area contributed by atoms with Gasteiger partial charge in [0.05, 0.1) is 6.04 Å². The average molecular weight is 418 g/mol. The Morgan fingerprint density at radius 1 is 1.17 bits per heavy atom. The Morgan fingerprint density at radius 3 is 2.48 bits per heavy atom. The molecule has 1 aromatic heterocycles. The summed E-state index contributed by atoms with van der Waals surface area (Å²) < 4.78 is 7.18. The quantitative estimate of drug-likeness (QED) is 0.749. The molecule has 1 atom stereocenters. The van der Waals surface area contributed by atoms with Gasteiger partial charge in [0.25, 0.3) is 0 Å².